The van der Waals surface area contributed by atoms with Crippen LogP contribution in [-0.4, -0.2) is 37.3 Å². The van der Waals surface area contributed by atoms with Crippen LogP contribution in [0.15, 0.2) is 53.5 Å². The molecule has 3 aromatic rings. The first-order chi connectivity index (χ1) is 11.7. The molecule has 24 heavy (non-hydrogen) atoms. The Hall–Kier alpha value is -2.44. The Kier molecular flexibility index (Phi) is 5.08. The molecule has 0 saturated carbocycles. The third-order valence-corrected chi connectivity index (χ3v) is 4.23. The van der Waals surface area contributed by atoms with Gasteiger partial charge in [0.15, 0.2) is 5.65 Å². The molecular weight excluding hydrogens is 304 g/mol. The van der Waals surface area contributed by atoms with E-state index in [2.05, 4.69) is 34.0 Å². The lowest BCUT2D eigenvalue weighted by Crippen LogP contribution is -2.37. The van der Waals surface area contributed by atoms with Crippen molar-refractivity contribution >= 4 is 5.65 Å². The highest BCUT2D eigenvalue weighted by Gasteiger charge is 2.18. The number of aromatic amines is 1. The van der Waals surface area contributed by atoms with E-state index in [0.717, 1.165) is 6.42 Å². The number of aliphatic hydroxyl groups excluding tert-OH is 1. The first kappa shape index (κ1) is 16.4. The normalized spacial score (nSPS) is 12.8. The Labute approximate surface area is 140 Å². The van der Waals surface area contributed by atoms with Crippen LogP contribution in [0.4, 0.5) is 0 Å². The zero-order chi connectivity index (χ0) is 16.9. The van der Waals surface area contributed by atoms with Gasteiger partial charge in [-0.2, -0.15) is 0 Å². The Bertz CT molecular complexity index is 837. The number of aliphatic hydroxyl groups is 1. The van der Waals surface area contributed by atoms with E-state index >= 15 is 0 Å². The number of hydrogen-bond donors (Lipinski definition) is 2. The molecule has 0 spiro atoms. The van der Waals surface area contributed by atoms with Crippen molar-refractivity contribution in [2.45, 2.75) is 32.5 Å². The number of nitrogens with zero attached hydrogens (tertiary/aromatic N) is 3. The average Bonchev–Trinajstić information content (AvgIpc) is 3.06. The SMILES string of the molecule is CC[C@H](CO)N(Cc1ccccc1)Cc1cc(=O)n2[nH]ccc2n1. The molecule has 0 saturated heterocycles. The smallest absolute Gasteiger partial charge is 0.272 e. The van der Waals surface area contributed by atoms with Crippen molar-refractivity contribution in [3.8, 4) is 0 Å². The molecular formula is C18H22N4O2. The van der Waals surface area contributed by atoms with Gasteiger partial charge in [-0.3, -0.25) is 14.8 Å². The van der Waals surface area contributed by atoms with E-state index in [-0.39, 0.29) is 18.2 Å². The molecule has 6 nitrogen and oxygen atoms in total. The van der Waals surface area contributed by atoms with Crippen molar-refractivity contribution in [2.75, 3.05) is 6.61 Å². The second-order valence-corrected chi connectivity index (χ2v) is 5.88. The van der Waals surface area contributed by atoms with E-state index in [0.29, 0.717) is 24.4 Å². The highest BCUT2D eigenvalue weighted by atomic mass is 16.3. The molecule has 1 aromatic carbocycles. The average molecular weight is 326 g/mol. The lowest BCUT2D eigenvalue weighted by Gasteiger charge is -2.29. The molecule has 3 rings (SSSR count). The van der Waals surface area contributed by atoms with Gasteiger partial charge in [0.25, 0.3) is 5.56 Å². The van der Waals surface area contributed by atoms with Crippen molar-refractivity contribution in [3.63, 3.8) is 0 Å². The minimum Gasteiger partial charge on any atom is -0.395 e. The summed E-state index contributed by atoms with van der Waals surface area (Å²) in [6.07, 6.45) is 2.52. The van der Waals surface area contributed by atoms with Crippen molar-refractivity contribution in [1.82, 2.24) is 19.5 Å². The van der Waals surface area contributed by atoms with Crippen molar-refractivity contribution in [1.29, 1.82) is 0 Å². The lowest BCUT2D eigenvalue weighted by atomic mass is 10.1. The second-order valence-electron chi connectivity index (χ2n) is 5.88. The van der Waals surface area contributed by atoms with Crippen LogP contribution in [0, 0.1) is 0 Å². The molecule has 0 aliphatic carbocycles. The van der Waals surface area contributed by atoms with Crippen molar-refractivity contribution < 1.29 is 5.11 Å². The van der Waals surface area contributed by atoms with Gasteiger partial charge in [0.2, 0.25) is 0 Å². The molecule has 0 bridgehead atoms. The highest BCUT2D eigenvalue weighted by molar-refractivity contribution is 5.36. The van der Waals surface area contributed by atoms with E-state index in [1.807, 2.05) is 18.2 Å². The summed E-state index contributed by atoms with van der Waals surface area (Å²) in [6.45, 7) is 3.35. The summed E-state index contributed by atoms with van der Waals surface area (Å²) < 4.78 is 1.41. The molecule has 2 N–H and O–H groups in total. The van der Waals surface area contributed by atoms with Crippen LogP contribution in [0.3, 0.4) is 0 Å². The van der Waals surface area contributed by atoms with Gasteiger partial charge in [0.05, 0.1) is 12.3 Å². The molecule has 6 heteroatoms. The van der Waals surface area contributed by atoms with Crippen LogP contribution in [0.2, 0.25) is 0 Å². The highest BCUT2D eigenvalue weighted by Crippen LogP contribution is 2.14. The maximum Gasteiger partial charge on any atom is 0.272 e. The molecule has 0 unspecified atom stereocenters. The fraction of sp³-hybridized carbons (Fsp3) is 0.333. The number of nitrogens with one attached hydrogen (secondary N) is 1. The maximum absolute atomic E-state index is 12.1. The minimum atomic E-state index is -0.128. The first-order valence-electron chi connectivity index (χ1n) is 8.16. The number of rotatable bonds is 7. The largest absolute Gasteiger partial charge is 0.395 e. The molecule has 0 fully saturated rings. The molecule has 1 atom stereocenters. The molecule has 2 heterocycles. The first-order valence-corrected chi connectivity index (χ1v) is 8.16. The van der Waals surface area contributed by atoms with Crippen molar-refractivity contribution in [3.05, 3.63) is 70.3 Å². The quantitative estimate of drug-likeness (QED) is 0.694. The van der Waals surface area contributed by atoms with Gasteiger partial charge in [-0.1, -0.05) is 37.3 Å². The second kappa shape index (κ2) is 7.42. The van der Waals surface area contributed by atoms with Crippen LogP contribution in [0.1, 0.15) is 24.6 Å². The van der Waals surface area contributed by atoms with Crippen LogP contribution in [0.25, 0.3) is 5.65 Å². The van der Waals surface area contributed by atoms with E-state index in [1.165, 1.54) is 10.1 Å². The summed E-state index contributed by atoms with van der Waals surface area (Å²) in [5.41, 5.74) is 2.36. The molecule has 0 amide bonds. The Balaban J connectivity index is 1.88. The number of benzene rings is 1. The maximum atomic E-state index is 12.1. The lowest BCUT2D eigenvalue weighted by molar-refractivity contribution is 0.105. The number of aromatic nitrogens is 3. The van der Waals surface area contributed by atoms with Crippen LogP contribution in [-0.2, 0) is 13.1 Å². The minimum absolute atomic E-state index is 0.0247. The predicted octanol–water partition coefficient (Wildman–Crippen LogP) is 1.80. The van der Waals surface area contributed by atoms with Crippen LogP contribution >= 0.6 is 0 Å². The molecule has 2 aromatic heterocycles. The number of H-pyrrole nitrogens is 1. The summed E-state index contributed by atoms with van der Waals surface area (Å²) in [5.74, 6) is 0. The Morgan fingerprint density at radius 3 is 2.75 bits per heavy atom. The van der Waals surface area contributed by atoms with Crippen LogP contribution < -0.4 is 5.56 Å². The number of hydrogen-bond acceptors (Lipinski definition) is 4. The molecule has 126 valence electrons. The van der Waals surface area contributed by atoms with Crippen molar-refractivity contribution in [2.24, 2.45) is 0 Å². The third kappa shape index (κ3) is 3.55. The summed E-state index contributed by atoms with van der Waals surface area (Å²) in [6, 6.07) is 13.5. The summed E-state index contributed by atoms with van der Waals surface area (Å²) in [5, 5.41) is 12.6. The van der Waals surface area contributed by atoms with Gasteiger partial charge < -0.3 is 5.11 Å². The van der Waals surface area contributed by atoms with E-state index in [1.54, 1.807) is 18.3 Å². The van der Waals surface area contributed by atoms with Gasteiger partial charge in [0.1, 0.15) is 0 Å². The zero-order valence-corrected chi connectivity index (χ0v) is 13.7. The summed E-state index contributed by atoms with van der Waals surface area (Å²) in [7, 11) is 0. The molecule has 0 radical (unpaired) electrons. The fourth-order valence-electron chi connectivity index (χ4n) is 2.90. The summed E-state index contributed by atoms with van der Waals surface area (Å²) in [4.78, 5) is 18.8. The molecule has 0 aliphatic rings. The van der Waals surface area contributed by atoms with Gasteiger partial charge in [-0.15, -0.1) is 0 Å². The van der Waals surface area contributed by atoms with Gasteiger partial charge >= 0.3 is 0 Å². The monoisotopic (exact) mass is 326 g/mol. The fourth-order valence-corrected chi connectivity index (χ4v) is 2.90. The standard InChI is InChI=1S/C18H22N4O2/c1-2-16(13-23)21(11-14-6-4-3-5-7-14)12-15-10-18(24)22-17(20-15)8-9-19-22/h3-10,16,19,23H,2,11-13H2,1H3/t16-/m1/s1. The summed E-state index contributed by atoms with van der Waals surface area (Å²) >= 11 is 0. The predicted molar refractivity (Wildman–Crippen MR) is 92.7 cm³/mol. The zero-order valence-electron chi connectivity index (χ0n) is 13.7. The molecule has 0 aliphatic heterocycles. The topological polar surface area (TPSA) is 73.6 Å². The van der Waals surface area contributed by atoms with E-state index < -0.39 is 0 Å². The van der Waals surface area contributed by atoms with Gasteiger partial charge in [0, 0.05) is 37.5 Å². The van der Waals surface area contributed by atoms with E-state index in [9.17, 15) is 9.90 Å². The number of fused-ring (bicyclic) bond motifs is 1. The van der Waals surface area contributed by atoms with Gasteiger partial charge in [-0.05, 0) is 12.0 Å². The third-order valence-electron chi connectivity index (χ3n) is 4.23. The Morgan fingerprint density at radius 2 is 2.04 bits per heavy atom. The van der Waals surface area contributed by atoms with E-state index in [4.69, 9.17) is 0 Å². The van der Waals surface area contributed by atoms with Gasteiger partial charge in [-0.25, -0.2) is 9.50 Å². The Morgan fingerprint density at radius 1 is 1.25 bits per heavy atom. The van der Waals surface area contributed by atoms with Crippen LogP contribution in [0.5, 0.6) is 0 Å².